The Bertz CT molecular complexity index is 643. The zero-order valence-electron chi connectivity index (χ0n) is 16.1. The summed E-state index contributed by atoms with van der Waals surface area (Å²) in [6, 6.07) is 7.67. The van der Waals surface area contributed by atoms with Gasteiger partial charge in [-0.05, 0) is 36.3 Å². The molecule has 0 aliphatic carbocycles. The van der Waals surface area contributed by atoms with Crippen LogP contribution in [-0.2, 0) is 14.5 Å². The number of para-hydroxylation sites is 1. The average Bonchev–Trinajstić information content (AvgIpc) is 2.53. The van der Waals surface area contributed by atoms with Crippen LogP contribution in [0.25, 0.3) is 0 Å². The second-order valence-electron chi connectivity index (χ2n) is 7.31. The van der Waals surface area contributed by atoms with Gasteiger partial charge in [0.05, 0.1) is 12.3 Å². The molecule has 1 N–H and O–H groups in total. The highest BCUT2D eigenvalue weighted by Crippen LogP contribution is 2.24. The van der Waals surface area contributed by atoms with Gasteiger partial charge in [0.2, 0.25) is 0 Å². The largest absolute Gasteiger partial charge is 0.464 e. The van der Waals surface area contributed by atoms with Crippen molar-refractivity contribution in [1.82, 2.24) is 0 Å². The van der Waals surface area contributed by atoms with Crippen LogP contribution in [-0.4, -0.2) is 26.2 Å². The molecule has 0 saturated heterocycles. The molecule has 0 heterocycles. The van der Waals surface area contributed by atoms with Crippen LogP contribution >= 0.6 is 0 Å². The number of anilines is 1. The number of rotatable bonds is 11. The highest BCUT2D eigenvalue weighted by atomic mass is 32.2. The van der Waals surface area contributed by atoms with Crippen molar-refractivity contribution in [2.45, 2.75) is 53.4 Å². The SMILES string of the molecule is CC(C)CCCCC(COS(=O)(=O)N(C(=O)O)c1ccccc1)C(C)C. The molecule has 6 nitrogen and oxygen atoms in total. The lowest BCUT2D eigenvalue weighted by molar-refractivity contribution is 0.192. The minimum absolute atomic E-state index is 0.0156. The normalized spacial score (nSPS) is 13.2. The highest BCUT2D eigenvalue weighted by molar-refractivity contribution is 7.89. The van der Waals surface area contributed by atoms with Gasteiger partial charge in [0.15, 0.2) is 0 Å². The van der Waals surface area contributed by atoms with Crippen LogP contribution < -0.4 is 4.31 Å². The minimum Gasteiger partial charge on any atom is -0.464 e. The molecule has 0 spiro atoms. The van der Waals surface area contributed by atoms with Gasteiger partial charge in [0.25, 0.3) is 0 Å². The van der Waals surface area contributed by atoms with Crippen molar-refractivity contribution in [3.05, 3.63) is 30.3 Å². The van der Waals surface area contributed by atoms with E-state index in [9.17, 15) is 18.3 Å². The first-order valence-corrected chi connectivity index (χ1v) is 10.5. The fourth-order valence-electron chi connectivity index (χ4n) is 2.69. The highest BCUT2D eigenvalue weighted by Gasteiger charge is 2.31. The van der Waals surface area contributed by atoms with Crippen LogP contribution in [0.2, 0.25) is 0 Å². The molecule has 1 aromatic rings. The molecule has 0 fully saturated rings. The zero-order valence-corrected chi connectivity index (χ0v) is 16.9. The second-order valence-corrected chi connectivity index (χ2v) is 8.76. The van der Waals surface area contributed by atoms with E-state index in [0.29, 0.717) is 5.92 Å². The summed E-state index contributed by atoms with van der Waals surface area (Å²) in [5.74, 6) is 0.960. The fraction of sp³-hybridized carbons (Fsp3) is 0.632. The van der Waals surface area contributed by atoms with Crippen molar-refractivity contribution in [2.75, 3.05) is 10.9 Å². The van der Waals surface area contributed by atoms with E-state index in [1.807, 2.05) is 13.8 Å². The van der Waals surface area contributed by atoms with E-state index in [1.165, 1.54) is 12.1 Å². The summed E-state index contributed by atoms with van der Waals surface area (Å²) in [6.45, 7) is 8.39. The summed E-state index contributed by atoms with van der Waals surface area (Å²) in [5, 5.41) is 9.33. The number of amides is 1. The van der Waals surface area contributed by atoms with Gasteiger partial charge in [0, 0.05) is 0 Å². The number of carbonyl (C=O) groups is 1. The molecular formula is C19H31NO5S. The van der Waals surface area contributed by atoms with Gasteiger partial charge in [-0.15, -0.1) is 4.31 Å². The monoisotopic (exact) mass is 385 g/mol. The minimum atomic E-state index is -4.41. The smallest absolute Gasteiger partial charge is 0.427 e. The second kappa shape index (κ2) is 10.5. The Labute approximate surface area is 157 Å². The number of benzene rings is 1. The summed E-state index contributed by atoms with van der Waals surface area (Å²) in [6.07, 6.45) is 2.52. The van der Waals surface area contributed by atoms with Crippen molar-refractivity contribution in [1.29, 1.82) is 0 Å². The first-order chi connectivity index (χ1) is 12.1. The maximum absolute atomic E-state index is 12.4. The Morgan fingerprint density at radius 2 is 1.65 bits per heavy atom. The lowest BCUT2D eigenvalue weighted by Crippen LogP contribution is -2.38. The van der Waals surface area contributed by atoms with Crippen molar-refractivity contribution in [2.24, 2.45) is 17.8 Å². The maximum atomic E-state index is 12.4. The van der Waals surface area contributed by atoms with Gasteiger partial charge in [-0.25, -0.2) is 4.79 Å². The number of unbranched alkanes of at least 4 members (excludes halogenated alkanes) is 1. The van der Waals surface area contributed by atoms with Crippen molar-refractivity contribution >= 4 is 22.1 Å². The van der Waals surface area contributed by atoms with Crippen LogP contribution in [0.5, 0.6) is 0 Å². The quantitative estimate of drug-likeness (QED) is 0.547. The zero-order chi connectivity index (χ0) is 19.7. The van der Waals surface area contributed by atoms with Gasteiger partial charge < -0.3 is 5.11 Å². The van der Waals surface area contributed by atoms with E-state index < -0.39 is 16.4 Å². The number of hydrogen-bond donors (Lipinski definition) is 1. The third-order valence-corrected chi connectivity index (χ3v) is 5.62. The Balaban J connectivity index is 2.74. The Hall–Kier alpha value is -1.60. The van der Waals surface area contributed by atoms with Crippen LogP contribution in [0.15, 0.2) is 30.3 Å². The van der Waals surface area contributed by atoms with Crippen LogP contribution in [0.3, 0.4) is 0 Å². The molecule has 0 saturated carbocycles. The van der Waals surface area contributed by atoms with E-state index in [1.54, 1.807) is 18.2 Å². The van der Waals surface area contributed by atoms with Gasteiger partial charge >= 0.3 is 16.4 Å². The molecule has 26 heavy (non-hydrogen) atoms. The molecule has 1 unspecified atom stereocenters. The number of carboxylic acid groups (broad SMARTS) is 1. The average molecular weight is 386 g/mol. The van der Waals surface area contributed by atoms with E-state index in [2.05, 4.69) is 13.8 Å². The van der Waals surface area contributed by atoms with Crippen molar-refractivity contribution in [3.8, 4) is 0 Å². The third-order valence-electron chi connectivity index (χ3n) is 4.37. The van der Waals surface area contributed by atoms with E-state index in [4.69, 9.17) is 4.18 Å². The number of nitrogens with zero attached hydrogens (tertiary/aromatic N) is 1. The molecule has 0 radical (unpaired) electrons. The molecule has 1 aromatic carbocycles. The standard InChI is InChI=1S/C19H31NO5S/c1-15(2)10-8-9-11-17(16(3)4)14-25-26(23,24)20(19(21)22)18-12-6-5-7-13-18/h5-7,12-13,15-17H,8-11,14H2,1-4H3,(H,21,22). The lowest BCUT2D eigenvalue weighted by Gasteiger charge is -2.23. The van der Waals surface area contributed by atoms with Crippen LogP contribution in [0, 0.1) is 17.8 Å². The van der Waals surface area contributed by atoms with Crippen LogP contribution in [0.4, 0.5) is 10.5 Å². The topological polar surface area (TPSA) is 83.9 Å². The maximum Gasteiger partial charge on any atom is 0.427 e. The summed E-state index contributed by atoms with van der Waals surface area (Å²) >= 11 is 0. The van der Waals surface area contributed by atoms with Gasteiger partial charge in [-0.1, -0.05) is 65.2 Å². The Morgan fingerprint density at radius 3 is 2.15 bits per heavy atom. The van der Waals surface area contributed by atoms with E-state index >= 15 is 0 Å². The van der Waals surface area contributed by atoms with Crippen molar-refractivity contribution < 1.29 is 22.5 Å². The number of hydrogen-bond acceptors (Lipinski definition) is 4. The molecular weight excluding hydrogens is 354 g/mol. The third kappa shape index (κ3) is 7.33. The molecule has 1 atom stereocenters. The summed E-state index contributed by atoms with van der Waals surface area (Å²) in [7, 11) is -4.41. The summed E-state index contributed by atoms with van der Waals surface area (Å²) < 4.78 is 30.3. The molecule has 7 heteroatoms. The fourth-order valence-corrected chi connectivity index (χ4v) is 3.72. The molecule has 1 rings (SSSR count). The molecule has 0 bridgehead atoms. The van der Waals surface area contributed by atoms with E-state index in [0.717, 1.165) is 25.7 Å². The predicted molar refractivity (Wildman–Crippen MR) is 103 cm³/mol. The van der Waals surface area contributed by atoms with E-state index in [-0.39, 0.29) is 28.4 Å². The Kier molecular flexibility index (Phi) is 9.08. The van der Waals surface area contributed by atoms with Gasteiger partial charge in [0.1, 0.15) is 0 Å². The van der Waals surface area contributed by atoms with Crippen LogP contribution in [0.1, 0.15) is 53.4 Å². The summed E-state index contributed by atoms with van der Waals surface area (Å²) in [4.78, 5) is 11.5. The Morgan fingerprint density at radius 1 is 1.08 bits per heavy atom. The first kappa shape index (κ1) is 22.4. The molecule has 1 amide bonds. The molecule has 0 aromatic heterocycles. The molecule has 148 valence electrons. The predicted octanol–water partition coefficient (Wildman–Crippen LogP) is 4.92. The molecule has 0 aliphatic heterocycles. The first-order valence-electron chi connectivity index (χ1n) is 9.12. The van der Waals surface area contributed by atoms with Gasteiger partial charge in [-0.3, -0.25) is 4.18 Å². The molecule has 0 aliphatic rings. The van der Waals surface area contributed by atoms with Crippen molar-refractivity contribution in [3.63, 3.8) is 0 Å². The van der Waals surface area contributed by atoms with Gasteiger partial charge in [-0.2, -0.15) is 8.42 Å². The lowest BCUT2D eigenvalue weighted by atomic mass is 9.90. The summed E-state index contributed by atoms with van der Waals surface area (Å²) in [5.41, 5.74) is 0.0398.